The van der Waals surface area contributed by atoms with Crippen LogP contribution in [-0.4, -0.2) is 23.2 Å². The van der Waals surface area contributed by atoms with Crippen molar-refractivity contribution >= 4 is 10.0 Å². The number of nitrogens with one attached hydrogen (secondary N) is 1. The minimum atomic E-state index is -3.52. The molecular weight excluding hydrogens is 252 g/mol. The first-order valence-corrected chi connectivity index (χ1v) is 7.02. The van der Waals surface area contributed by atoms with Gasteiger partial charge in [0.25, 0.3) is 0 Å². The topological polar surface area (TPSA) is 76.9 Å². The van der Waals surface area contributed by atoms with Crippen LogP contribution in [0.15, 0.2) is 41.7 Å². The number of nitrogens with zero attached hydrogens (tertiary/aromatic N) is 3. The molecule has 0 saturated carbocycles. The molecule has 0 atom stereocenters. The highest BCUT2D eigenvalue weighted by Gasteiger charge is 2.15. The van der Waals surface area contributed by atoms with Crippen LogP contribution in [0.3, 0.4) is 0 Å². The van der Waals surface area contributed by atoms with Crippen molar-refractivity contribution in [2.24, 2.45) is 0 Å². The molecule has 0 aliphatic carbocycles. The summed E-state index contributed by atoms with van der Waals surface area (Å²) in [5.41, 5.74) is 0.670. The Morgan fingerprint density at radius 1 is 1.39 bits per heavy atom. The van der Waals surface area contributed by atoms with E-state index < -0.39 is 10.0 Å². The Bertz CT molecular complexity index is 607. The highest BCUT2D eigenvalue weighted by Crippen LogP contribution is 2.07. The van der Waals surface area contributed by atoms with Gasteiger partial charge in [-0.3, -0.25) is 9.67 Å². The monoisotopic (exact) mass is 266 g/mol. The van der Waals surface area contributed by atoms with Gasteiger partial charge in [0.1, 0.15) is 4.90 Å². The van der Waals surface area contributed by atoms with Gasteiger partial charge < -0.3 is 0 Å². The molecule has 0 radical (unpaired) electrons. The summed E-state index contributed by atoms with van der Waals surface area (Å²) in [4.78, 5) is 4.22. The normalized spacial score (nSPS) is 11.6. The fraction of sp³-hybridized carbons (Fsp3) is 0.273. The van der Waals surface area contributed by atoms with Gasteiger partial charge in [-0.2, -0.15) is 5.10 Å². The number of aromatic nitrogens is 3. The second-order valence-corrected chi connectivity index (χ2v) is 5.44. The maximum Gasteiger partial charge on any atom is 0.244 e. The van der Waals surface area contributed by atoms with Crippen LogP contribution in [0.2, 0.25) is 0 Å². The predicted octanol–water partition coefficient (Wildman–Crippen LogP) is 0.776. The van der Waals surface area contributed by atoms with Crippen LogP contribution < -0.4 is 4.72 Å². The quantitative estimate of drug-likeness (QED) is 0.867. The van der Waals surface area contributed by atoms with Gasteiger partial charge >= 0.3 is 0 Å². The molecule has 0 spiro atoms. The second-order valence-electron chi connectivity index (χ2n) is 3.68. The smallest absolute Gasteiger partial charge is 0.244 e. The van der Waals surface area contributed by atoms with E-state index in [9.17, 15) is 8.42 Å². The van der Waals surface area contributed by atoms with Crippen molar-refractivity contribution in [2.45, 2.75) is 24.9 Å². The summed E-state index contributed by atoms with van der Waals surface area (Å²) >= 11 is 0. The van der Waals surface area contributed by atoms with Crippen molar-refractivity contribution in [2.75, 3.05) is 0 Å². The van der Waals surface area contributed by atoms with Crippen LogP contribution in [-0.2, 0) is 23.1 Å². The van der Waals surface area contributed by atoms with Gasteiger partial charge in [-0.25, -0.2) is 13.1 Å². The van der Waals surface area contributed by atoms with Gasteiger partial charge in [0.05, 0.1) is 18.4 Å². The van der Waals surface area contributed by atoms with Crippen LogP contribution in [0.25, 0.3) is 0 Å². The van der Waals surface area contributed by atoms with Crippen LogP contribution in [0.1, 0.15) is 12.6 Å². The van der Waals surface area contributed by atoms with Gasteiger partial charge in [0.15, 0.2) is 0 Å². The van der Waals surface area contributed by atoms with Crippen molar-refractivity contribution in [3.05, 3.63) is 42.5 Å². The van der Waals surface area contributed by atoms with Crippen molar-refractivity contribution in [1.82, 2.24) is 19.5 Å². The zero-order valence-corrected chi connectivity index (χ0v) is 10.8. The summed E-state index contributed by atoms with van der Waals surface area (Å²) in [6, 6.07) is 5.35. The number of hydrogen-bond acceptors (Lipinski definition) is 4. The molecule has 0 saturated heterocycles. The number of sulfonamides is 1. The van der Waals surface area contributed by atoms with Gasteiger partial charge in [-0.15, -0.1) is 0 Å². The summed E-state index contributed by atoms with van der Waals surface area (Å²) in [5.74, 6) is 0. The van der Waals surface area contributed by atoms with E-state index in [2.05, 4.69) is 14.8 Å². The first-order chi connectivity index (χ1) is 8.62. The number of pyridine rings is 1. The summed E-state index contributed by atoms with van der Waals surface area (Å²) in [5, 5.41) is 3.94. The molecule has 7 heteroatoms. The molecule has 0 unspecified atom stereocenters. The third-order valence-corrected chi connectivity index (χ3v) is 3.77. The molecule has 0 aliphatic rings. The predicted molar refractivity (Wildman–Crippen MR) is 66.2 cm³/mol. The molecule has 1 N–H and O–H groups in total. The molecule has 96 valence electrons. The maximum absolute atomic E-state index is 11.9. The third kappa shape index (κ3) is 2.93. The van der Waals surface area contributed by atoms with Gasteiger partial charge in [-0.05, 0) is 19.1 Å². The molecule has 18 heavy (non-hydrogen) atoms. The Morgan fingerprint density at radius 3 is 2.83 bits per heavy atom. The third-order valence-electron chi connectivity index (χ3n) is 2.41. The lowest BCUT2D eigenvalue weighted by Gasteiger charge is -2.03. The highest BCUT2D eigenvalue weighted by molar-refractivity contribution is 7.89. The van der Waals surface area contributed by atoms with Gasteiger partial charge in [0.2, 0.25) is 10.0 Å². The molecule has 2 rings (SSSR count). The average molecular weight is 266 g/mol. The standard InChI is InChI=1S/C11H14N4O2S/c1-2-15-9-11(8-13-15)18(16,17)14-7-10-5-3-4-6-12-10/h3-6,8-9,14H,2,7H2,1H3. The first kappa shape index (κ1) is 12.7. The molecule has 2 heterocycles. The zero-order valence-electron chi connectivity index (χ0n) is 9.94. The minimum absolute atomic E-state index is 0.167. The van der Waals surface area contributed by atoms with Crippen molar-refractivity contribution in [1.29, 1.82) is 0 Å². The Labute approximate surface area is 106 Å². The van der Waals surface area contributed by atoms with E-state index in [-0.39, 0.29) is 11.4 Å². The molecule has 0 aromatic carbocycles. The average Bonchev–Trinajstić information content (AvgIpc) is 2.87. The van der Waals surface area contributed by atoms with E-state index in [1.54, 1.807) is 23.0 Å². The summed E-state index contributed by atoms with van der Waals surface area (Å²) in [6.07, 6.45) is 4.46. The molecule has 0 amide bonds. The molecule has 0 fully saturated rings. The highest BCUT2D eigenvalue weighted by atomic mass is 32.2. The molecular formula is C11H14N4O2S. The van der Waals surface area contributed by atoms with Crippen LogP contribution in [0.5, 0.6) is 0 Å². The van der Waals surface area contributed by atoms with E-state index in [4.69, 9.17) is 0 Å². The minimum Gasteiger partial charge on any atom is -0.272 e. The van der Waals surface area contributed by atoms with Crippen LogP contribution >= 0.6 is 0 Å². The van der Waals surface area contributed by atoms with Gasteiger partial charge in [0, 0.05) is 18.9 Å². The molecule has 2 aromatic rings. The Morgan fingerprint density at radius 2 is 2.22 bits per heavy atom. The molecule has 0 aliphatic heterocycles. The largest absolute Gasteiger partial charge is 0.272 e. The van der Waals surface area contributed by atoms with Crippen molar-refractivity contribution in [3.8, 4) is 0 Å². The SMILES string of the molecule is CCn1cc(S(=O)(=O)NCc2ccccn2)cn1. The van der Waals surface area contributed by atoms with E-state index in [0.717, 1.165) is 0 Å². The van der Waals surface area contributed by atoms with Crippen molar-refractivity contribution in [3.63, 3.8) is 0 Å². The van der Waals surface area contributed by atoms with E-state index in [0.29, 0.717) is 12.2 Å². The fourth-order valence-corrected chi connectivity index (χ4v) is 2.36. The summed E-state index contributed by atoms with van der Waals surface area (Å²) in [7, 11) is -3.52. The van der Waals surface area contributed by atoms with E-state index >= 15 is 0 Å². The van der Waals surface area contributed by atoms with Gasteiger partial charge in [-0.1, -0.05) is 6.07 Å². The van der Waals surface area contributed by atoms with E-state index in [1.165, 1.54) is 12.4 Å². The Kier molecular flexibility index (Phi) is 3.73. The first-order valence-electron chi connectivity index (χ1n) is 5.54. The lowest BCUT2D eigenvalue weighted by molar-refractivity contribution is 0.580. The fourth-order valence-electron chi connectivity index (χ4n) is 1.41. The molecule has 6 nitrogen and oxygen atoms in total. The second kappa shape index (κ2) is 5.28. The maximum atomic E-state index is 11.9. The lowest BCUT2D eigenvalue weighted by Crippen LogP contribution is -2.23. The lowest BCUT2D eigenvalue weighted by atomic mass is 10.4. The Hall–Kier alpha value is -1.73. The zero-order chi connectivity index (χ0) is 13.0. The molecule has 0 bridgehead atoms. The van der Waals surface area contributed by atoms with Crippen molar-refractivity contribution < 1.29 is 8.42 Å². The van der Waals surface area contributed by atoms with E-state index in [1.807, 2.05) is 13.0 Å². The number of aryl methyl sites for hydroxylation is 1. The number of rotatable bonds is 5. The molecule has 2 aromatic heterocycles. The Balaban J connectivity index is 2.08. The summed E-state index contributed by atoms with van der Waals surface area (Å²) in [6.45, 7) is 2.70. The number of hydrogen-bond donors (Lipinski definition) is 1. The van der Waals surface area contributed by atoms with Crippen LogP contribution in [0, 0.1) is 0 Å². The van der Waals surface area contributed by atoms with Crippen LogP contribution in [0.4, 0.5) is 0 Å². The summed E-state index contributed by atoms with van der Waals surface area (Å²) < 4.78 is 27.9.